The molecule has 0 saturated heterocycles. The first kappa shape index (κ1) is 14.0. The monoisotopic (exact) mass is 238 g/mol. The van der Waals surface area contributed by atoms with Crippen LogP contribution in [0.25, 0.3) is 0 Å². The van der Waals surface area contributed by atoms with Crippen molar-refractivity contribution in [3.05, 3.63) is 29.3 Å². The molecule has 0 aliphatic rings. The molecule has 0 aliphatic heterocycles. The largest absolute Gasteiger partial charge is 0.490 e. The Morgan fingerprint density at radius 1 is 1.29 bits per heavy atom. The Kier molecular flexibility index (Phi) is 5.45. The SMILES string of the molecule is COCCC(C)Oc1cc(C)ccc1[C@H](C)O. The molecule has 0 saturated carbocycles. The minimum Gasteiger partial charge on any atom is -0.490 e. The predicted molar refractivity (Wildman–Crippen MR) is 68.4 cm³/mol. The third-order valence-electron chi connectivity index (χ3n) is 2.68. The summed E-state index contributed by atoms with van der Waals surface area (Å²) in [7, 11) is 1.68. The van der Waals surface area contributed by atoms with Crippen LogP contribution in [0.3, 0.4) is 0 Å². The summed E-state index contributed by atoms with van der Waals surface area (Å²) in [5.41, 5.74) is 1.96. The highest BCUT2D eigenvalue weighted by Crippen LogP contribution is 2.27. The molecular weight excluding hydrogens is 216 g/mol. The number of rotatable bonds is 6. The number of benzene rings is 1. The minimum atomic E-state index is -0.514. The van der Waals surface area contributed by atoms with Crippen LogP contribution in [0, 0.1) is 6.92 Å². The van der Waals surface area contributed by atoms with Gasteiger partial charge in [0.1, 0.15) is 5.75 Å². The zero-order valence-corrected chi connectivity index (χ0v) is 11.1. The molecular formula is C14H22O3. The fraction of sp³-hybridized carbons (Fsp3) is 0.571. The Morgan fingerprint density at radius 3 is 2.59 bits per heavy atom. The maximum absolute atomic E-state index is 9.68. The topological polar surface area (TPSA) is 38.7 Å². The summed E-state index contributed by atoms with van der Waals surface area (Å²) in [5.74, 6) is 0.767. The molecule has 1 unspecified atom stereocenters. The van der Waals surface area contributed by atoms with E-state index in [-0.39, 0.29) is 6.10 Å². The van der Waals surface area contributed by atoms with Crippen molar-refractivity contribution >= 4 is 0 Å². The van der Waals surface area contributed by atoms with Gasteiger partial charge in [-0.05, 0) is 32.4 Å². The van der Waals surface area contributed by atoms with Gasteiger partial charge < -0.3 is 14.6 Å². The molecule has 1 aromatic rings. The third-order valence-corrected chi connectivity index (χ3v) is 2.68. The smallest absolute Gasteiger partial charge is 0.125 e. The molecule has 0 fully saturated rings. The summed E-state index contributed by atoms with van der Waals surface area (Å²) in [6, 6.07) is 5.86. The van der Waals surface area contributed by atoms with E-state index in [1.165, 1.54) is 0 Å². The normalized spacial score (nSPS) is 14.4. The Labute approximate surface area is 103 Å². The van der Waals surface area contributed by atoms with Crippen LogP contribution in [0.4, 0.5) is 0 Å². The summed E-state index contributed by atoms with van der Waals surface area (Å²) in [6.45, 7) is 6.44. The molecule has 17 heavy (non-hydrogen) atoms. The van der Waals surface area contributed by atoms with Gasteiger partial charge in [0.05, 0.1) is 12.2 Å². The summed E-state index contributed by atoms with van der Waals surface area (Å²) >= 11 is 0. The van der Waals surface area contributed by atoms with Crippen LogP contribution in [0.1, 0.15) is 37.5 Å². The Morgan fingerprint density at radius 2 is 2.00 bits per heavy atom. The maximum Gasteiger partial charge on any atom is 0.125 e. The van der Waals surface area contributed by atoms with E-state index in [2.05, 4.69) is 0 Å². The van der Waals surface area contributed by atoms with Gasteiger partial charge in [0.15, 0.2) is 0 Å². The number of ether oxygens (including phenoxy) is 2. The highest BCUT2D eigenvalue weighted by Gasteiger charge is 2.12. The molecule has 3 heteroatoms. The van der Waals surface area contributed by atoms with Gasteiger partial charge in [0.25, 0.3) is 0 Å². The number of aryl methyl sites for hydroxylation is 1. The van der Waals surface area contributed by atoms with Gasteiger partial charge in [-0.25, -0.2) is 0 Å². The molecule has 0 aliphatic carbocycles. The molecule has 0 spiro atoms. The molecule has 96 valence electrons. The lowest BCUT2D eigenvalue weighted by atomic mass is 10.1. The van der Waals surface area contributed by atoms with Gasteiger partial charge >= 0.3 is 0 Å². The molecule has 0 radical (unpaired) electrons. The van der Waals surface area contributed by atoms with E-state index in [4.69, 9.17) is 9.47 Å². The zero-order valence-electron chi connectivity index (χ0n) is 11.1. The van der Waals surface area contributed by atoms with Crippen molar-refractivity contribution in [1.82, 2.24) is 0 Å². The highest BCUT2D eigenvalue weighted by molar-refractivity contribution is 5.38. The Hall–Kier alpha value is -1.06. The third kappa shape index (κ3) is 4.36. The first-order chi connectivity index (χ1) is 8.04. The molecule has 3 nitrogen and oxygen atoms in total. The average molecular weight is 238 g/mol. The minimum absolute atomic E-state index is 0.0780. The van der Waals surface area contributed by atoms with E-state index in [0.717, 1.165) is 23.3 Å². The lowest BCUT2D eigenvalue weighted by molar-refractivity contribution is 0.130. The van der Waals surface area contributed by atoms with Crippen molar-refractivity contribution in [3.63, 3.8) is 0 Å². The van der Waals surface area contributed by atoms with Gasteiger partial charge in [0.2, 0.25) is 0 Å². The second kappa shape index (κ2) is 6.62. The van der Waals surface area contributed by atoms with Crippen LogP contribution in [0.2, 0.25) is 0 Å². The Bertz CT molecular complexity index is 347. The highest BCUT2D eigenvalue weighted by atomic mass is 16.5. The predicted octanol–water partition coefficient (Wildman–Crippen LogP) is 2.85. The van der Waals surface area contributed by atoms with E-state index in [0.29, 0.717) is 6.61 Å². The van der Waals surface area contributed by atoms with Crippen molar-refractivity contribution in [3.8, 4) is 5.75 Å². The summed E-state index contributed by atoms with van der Waals surface area (Å²) in [4.78, 5) is 0. The summed E-state index contributed by atoms with van der Waals surface area (Å²) in [6.07, 6.45) is 0.401. The van der Waals surface area contributed by atoms with E-state index in [1.807, 2.05) is 32.0 Å². The van der Waals surface area contributed by atoms with E-state index >= 15 is 0 Å². The van der Waals surface area contributed by atoms with Crippen LogP contribution < -0.4 is 4.74 Å². The van der Waals surface area contributed by atoms with Crippen LogP contribution in [0.5, 0.6) is 5.75 Å². The number of aliphatic hydroxyl groups excluding tert-OH is 1. The quantitative estimate of drug-likeness (QED) is 0.828. The fourth-order valence-corrected chi connectivity index (χ4v) is 1.65. The van der Waals surface area contributed by atoms with Gasteiger partial charge in [-0.2, -0.15) is 0 Å². The van der Waals surface area contributed by atoms with Gasteiger partial charge in [0, 0.05) is 25.7 Å². The van der Waals surface area contributed by atoms with Gasteiger partial charge in [-0.15, -0.1) is 0 Å². The van der Waals surface area contributed by atoms with Crippen LogP contribution >= 0.6 is 0 Å². The van der Waals surface area contributed by atoms with Crippen molar-refractivity contribution in [2.24, 2.45) is 0 Å². The van der Waals surface area contributed by atoms with Gasteiger partial charge in [-0.3, -0.25) is 0 Å². The molecule has 1 N–H and O–H groups in total. The molecule has 0 bridgehead atoms. The standard InChI is InChI=1S/C14H22O3/c1-10-5-6-13(12(3)15)14(9-10)17-11(2)7-8-16-4/h5-6,9,11-12,15H,7-8H2,1-4H3/t11?,12-/m0/s1. The van der Waals surface area contributed by atoms with E-state index in [9.17, 15) is 5.11 Å². The summed E-state index contributed by atoms with van der Waals surface area (Å²) in [5, 5.41) is 9.68. The first-order valence-electron chi connectivity index (χ1n) is 5.98. The number of methoxy groups -OCH3 is 1. The van der Waals surface area contributed by atoms with Crippen molar-refractivity contribution in [2.75, 3.05) is 13.7 Å². The summed E-state index contributed by atoms with van der Waals surface area (Å²) < 4.78 is 10.9. The van der Waals surface area contributed by atoms with E-state index < -0.39 is 6.10 Å². The van der Waals surface area contributed by atoms with Crippen molar-refractivity contribution in [1.29, 1.82) is 0 Å². The van der Waals surface area contributed by atoms with Crippen molar-refractivity contribution < 1.29 is 14.6 Å². The van der Waals surface area contributed by atoms with Crippen molar-refractivity contribution in [2.45, 2.75) is 39.4 Å². The zero-order chi connectivity index (χ0) is 12.8. The molecule has 0 aromatic heterocycles. The fourth-order valence-electron chi connectivity index (χ4n) is 1.65. The van der Waals surface area contributed by atoms with Crippen LogP contribution in [-0.4, -0.2) is 24.9 Å². The van der Waals surface area contributed by atoms with E-state index in [1.54, 1.807) is 14.0 Å². The number of hydrogen-bond acceptors (Lipinski definition) is 3. The maximum atomic E-state index is 9.68. The van der Waals surface area contributed by atoms with Crippen LogP contribution in [-0.2, 0) is 4.74 Å². The Balaban J connectivity index is 2.77. The average Bonchev–Trinajstić information content (AvgIpc) is 2.26. The lowest BCUT2D eigenvalue weighted by Crippen LogP contribution is -2.15. The van der Waals surface area contributed by atoms with Crippen LogP contribution in [0.15, 0.2) is 18.2 Å². The second-order valence-electron chi connectivity index (χ2n) is 4.43. The molecule has 1 rings (SSSR count). The molecule has 0 amide bonds. The molecule has 2 atom stereocenters. The molecule has 1 aromatic carbocycles. The molecule has 0 heterocycles. The first-order valence-corrected chi connectivity index (χ1v) is 5.98. The second-order valence-corrected chi connectivity index (χ2v) is 4.43. The number of aliphatic hydroxyl groups is 1. The number of hydrogen-bond donors (Lipinski definition) is 1. The van der Waals surface area contributed by atoms with Gasteiger partial charge in [-0.1, -0.05) is 12.1 Å². The lowest BCUT2D eigenvalue weighted by Gasteiger charge is -2.19.